The summed E-state index contributed by atoms with van der Waals surface area (Å²) >= 11 is 0. The predicted octanol–water partition coefficient (Wildman–Crippen LogP) is 2.20. The van der Waals surface area contributed by atoms with E-state index in [1.165, 1.54) is 0 Å². The van der Waals surface area contributed by atoms with Crippen molar-refractivity contribution in [1.82, 2.24) is 9.88 Å². The molecule has 1 aliphatic heterocycles. The van der Waals surface area contributed by atoms with Gasteiger partial charge in [0, 0.05) is 30.6 Å². The lowest BCUT2D eigenvalue weighted by atomic mass is 10.1. The van der Waals surface area contributed by atoms with E-state index in [4.69, 9.17) is 4.74 Å². The zero-order chi connectivity index (χ0) is 13.9. The highest BCUT2D eigenvalue weighted by molar-refractivity contribution is 5.80. The van der Waals surface area contributed by atoms with Crippen LogP contribution in [-0.4, -0.2) is 41.3 Å². The summed E-state index contributed by atoms with van der Waals surface area (Å²) in [7, 11) is 1.67. The van der Waals surface area contributed by atoms with Gasteiger partial charge >= 0.3 is 0 Å². The zero-order valence-corrected chi connectivity index (χ0v) is 11.7. The largest absolute Gasteiger partial charge is 0.481 e. The van der Waals surface area contributed by atoms with Gasteiger partial charge in [0.15, 0.2) is 0 Å². The average molecular weight is 272 g/mol. The second kappa shape index (κ2) is 5.77. The smallest absolute Gasteiger partial charge is 0.218 e. The Morgan fingerprint density at radius 1 is 1.30 bits per heavy atom. The third-order valence-electron chi connectivity index (χ3n) is 3.91. The van der Waals surface area contributed by atoms with Gasteiger partial charge in [-0.1, -0.05) is 18.2 Å². The SMILES string of the molecule is COc1nc2ccccc2cc1CN1CCC(O)CC1. The van der Waals surface area contributed by atoms with E-state index >= 15 is 0 Å². The van der Waals surface area contributed by atoms with Crippen molar-refractivity contribution in [3.8, 4) is 5.88 Å². The average Bonchev–Trinajstić information content (AvgIpc) is 2.49. The second-order valence-electron chi connectivity index (χ2n) is 5.36. The van der Waals surface area contributed by atoms with E-state index in [1.54, 1.807) is 7.11 Å². The van der Waals surface area contributed by atoms with Crippen molar-refractivity contribution in [2.24, 2.45) is 0 Å². The Balaban J connectivity index is 1.86. The van der Waals surface area contributed by atoms with Crippen LogP contribution < -0.4 is 4.74 Å². The number of pyridine rings is 1. The molecule has 2 heterocycles. The van der Waals surface area contributed by atoms with Gasteiger partial charge < -0.3 is 9.84 Å². The highest BCUT2D eigenvalue weighted by atomic mass is 16.5. The van der Waals surface area contributed by atoms with Crippen LogP contribution in [0.1, 0.15) is 18.4 Å². The fraction of sp³-hybridized carbons (Fsp3) is 0.438. The van der Waals surface area contributed by atoms with Gasteiger partial charge in [0.2, 0.25) is 5.88 Å². The maximum atomic E-state index is 9.57. The van der Waals surface area contributed by atoms with Crippen molar-refractivity contribution in [3.05, 3.63) is 35.9 Å². The zero-order valence-electron chi connectivity index (χ0n) is 11.7. The van der Waals surface area contributed by atoms with Gasteiger partial charge in [0.1, 0.15) is 0 Å². The number of nitrogens with zero attached hydrogens (tertiary/aromatic N) is 2. The molecule has 1 aliphatic rings. The Labute approximate surface area is 119 Å². The van der Waals surface area contributed by atoms with Crippen LogP contribution in [0.5, 0.6) is 5.88 Å². The number of hydrogen-bond donors (Lipinski definition) is 1. The number of likely N-dealkylation sites (tertiary alicyclic amines) is 1. The van der Waals surface area contributed by atoms with Crippen molar-refractivity contribution in [2.75, 3.05) is 20.2 Å². The van der Waals surface area contributed by atoms with Crippen LogP contribution in [0.25, 0.3) is 10.9 Å². The third-order valence-corrected chi connectivity index (χ3v) is 3.91. The first-order chi connectivity index (χ1) is 9.76. The Morgan fingerprint density at radius 3 is 2.80 bits per heavy atom. The summed E-state index contributed by atoms with van der Waals surface area (Å²) < 4.78 is 5.43. The van der Waals surface area contributed by atoms with Gasteiger partial charge in [-0.15, -0.1) is 0 Å². The minimum atomic E-state index is -0.136. The van der Waals surface area contributed by atoms with Gasteiger partial charge in [-0.3, -0.25) is 4.90 Å². The molecule has 2 aromatic rings. The molecule has 1 aromatic carbocycles. The summed E-state index contributed by atoms with van der Waals surface area (Å²) in [5.74, 6) is 0.704. The highest BCUT2D eigenvalue weighted by Crippen LogP contribution is 2.24. The molecule has 20 heavy (non-hydrogen) atoms. The molecular formula is C16H20N2O2. The number of benzene rings is 1. The summed E-state index contributed by atoms with van der Waals surface area (Å²) in [6, 6.07) is 10.2. The number of hydrogen-bond acceptors (Lipinski definition) is 4. The third kappa shape index (κ3) is 2.76. The molecule has 0 spiro atoms. The quantitative estimate of drug-likeness (QED) is 0.930. The fourth-order valence-corrected chi connectivity index (χ4v) is 2.75. The Kier molecular flexibility index (Phi) is 3.85. The monoisotopic (exact) mass is 272 g/mol. The normalized spacial score (nSPS) is 17.5. The fourth-order valence-electron chi connectivity index (χ4n) is 2.75. The second-order valence-corrected chi connectivity index (χ2v) is 5.36. The molecule has 1 N–H and O–H groups in total. The summed E-state index contributed by atoms with van der Waals surface area (Å²) in [5, 5.41) is 10.7. The maximum Gasteiger partial charge on any atom is 0.218 e. The van der Waals surface area contributed by atoms with Crippen molar-refractivity contribution >= 4 is 10.9 Å². The summed E-state index contributed by atoms with van der Waals surface area (Å²) in [6.07, 6.45) is 1.56. The number of ether oxygens (including phenoxy) is 1. The number of methoxy groups -OCH3 is 1. The van der Waals surface area contributed by atoms with E-state index in [0.717, 1.165) is 48.9 Å². The number of piperidine rings is 1. The molecule has 0 bridgehead atoms. The number of aliphatic hydroxyl groups is 1. The van der Waals surface area contributed by atoms with Gasteiger partial charge in [-0.25, -0.2) is 4.98 Å². The minimum Gasteiger partial charge on any atom is -0.481 e. The lowest BCUT2D eigenvalue weighted by Gasteiger charge is -2.29. The topological polar surface area (TPSA) is 45.6 Å². The molecule has 0 saturated carbocycles. The molecule has 106 valence electrons. The molecule has 1 aromatic heterocycles. The first-order valence-electron chi connectivity index (χ1n) is 7.09. The molecule has 4 nitrogen and oxygen atoms in total. The Hall–Kier alpha value is -1.65. The van der Waals surface area contributed by atoms with E-state index in [9.17, 15) is 5.11 Å². The summed E-state index contributed by atoms with van der Waals surface area (Å²) in [4.78, 5) is 6.92. The number of para-hydroxylation sites is 1. The Bertz CT molecular complexity index is 592. The van der Waals surface area contributed by atoms with Crippen molar-refractivity contribution < 1.29 is 9.84 Å². The molecule has 0 unspecified atom stereocenters. The van der Waals surface area contributed by atoms with E-state index in [0.29, 0.717) is 5.88 Å². The Morgan fingerprint density at radius 2 is 2.05 bits per heavy atom. The molecule has 4 heteroatoms. The minimum absolute atomic E-state index is 0.136. The van der Waals surface area contributed by atoms with E-state index < -0.39 is 0 Å². The lowest BCUT2D eigenvalue weighted by molar-refractivity contribution is 0.0788. The van der Waals surface area contributed by atoms with Crippen LogP contribution in [0, 0.1) is 0 Å². The van der Waals surface area contributed by atoms with Crippen LogP contribution in [0.4, 0.5) is 0 Å². The standard InChI is InChI=1S/C16H20N2O2/c1-20-16-13(11-18-8-6-14(19)7-9-18)10-12-4-2-3-5-15(12)17-16/h2-5,10,14,19H,6-9,11H2,1H3. The van der Waals surface area contributed by atoms with Crippen LogP contribution in [0.3, 0.4) is 0 Å². The molecule has 0 aliphatic carbocycles. The molecule has 1 saturated heterocycles. The van der Waals surface area contributed by atoms with Crippen LogP contribution >= 0.6 is 0 Å². The molecule has 0 atom stereocenters. The van der Waals surface area contributed by atoms with Crippen molar-refractivity contribution in [2.45, 2.75) is 25.5 Å². The van der Waals surface area contributed by atoms with Crippen molar-refractivity contribution in [1.29, 1.82) is 0 Å². The molecule has 0 amide bonds. The van der Waals surface area contributed by atoms with Gasteiger partial charge in [0.25, 0.3) is 0 Å². The molecule has 0 radical (unpaired) electrons. The van der Waals surface area contributed by atoms with E-state index in [2.05, 4.69) is 22.0 Å². The summed E-state index contributed by atoms with van der Waals surface area (Å²) in [5.41, 5.74) is 2.07. The maximum absolute atomic E-state index is 9.57. The van der Waals surface area contributed by atoms with Crippen LogP contribution in [-0.2, 0) is 6.54 Å². The van der Waals surface area contributed by atoms with E-state index in [-0.39, 0.29) is 6.10 Å². The number of fused-ring (bicyclic) bond motifs is 1. The summed E-state index contributed by atoms with van der Waals surface area (Å²) in [6.45, 7) is 2.68. The highest BCUT2D eigenvalue weighted by Gasteiger charge is 2.18. The lowest BCUT2D eigenvalue weighted by Crippen LogP contribution is -2.35. The van der Waals surface area contributed by atoms with Gasteiger partial charge in [-0.2, -0.15) is 0 Å². The first kappa shape index (κ1) is 13.3. The molecular weight excluding hydrogens is 252 g/mol. The van der Waals surface area contributed by atoms with Crippen molar-refractivity contribution in [3.63, 3.8) is 0 Å². The number of aromatic nitrogens is 1. The predicted molar refractivity (Wildman–Crippen MR) is 78.8 cm³/mol. The van der Waals surface area contributed by atoms with Crippen LogP contribution in [0.2, 0.25) is 0 Å². The number of aliphatic hydroxyl groups excluding tert-OH is 1. The number of rotatable bonds is 3. The van der Waals surface area contributed by atoms with Gasteiger partial charge in [-0.05, 0) is 25.0 Å². The molecule has 3 rings (SSSR count). The molecule has 1 fully saturated rings. The van der Waals surface area contributed by atoms with Crippen LogP contribution in [0.15, 0.2) is 30.3 Å². The van der Waals surface area contributed by atoms with Gasteiger partial charge in [0.05, 0.1) is 18.7 Å². The first-order valence-corrected chi connectivity index (χ1v) is 7.09. The van der Waals surface area contributed by atoms with E-state index in [1.807, 2.05) is 18.2 Å².